The Labute approximate surface area is 211 Å². The Kier molecular flexibility index (Phi) is 7.87. The highest BCUT2D eigenvalue weighted by Crippen LogP contribution is 2.31. The molecule has 2 aromatic carbocycles. The summed E-state index contributed by atoms with van der Waals surface area (Å²) in [7, 11) is 0. The Bertz CT molecular complexity index is 1400. The number of anilines is 1. The number of hydrogen-bond donors (Lipinski definition) is 1. The molecule has 182 valence electrons. The molecule has 0 aliphatic heterocycles. The van der Waals surface area contributed by atoms with Gasteiger partial charge in [-0.05, 0) is 74.4 Å². The molecule has 9 heteroatoms. The number of carbonyl (C=O) groups excluding carboxylic acids is 1. The van der Waals surface area contributed by atoms with Crippen LogP contribution in [0.5, 0.6) is 5.75 Å². The molecule has 2 aromatic heterocycles. The van der Waals surface area contributed by atoms with Gasteiger partial charge in [-0.2, -0.15) is 0 Å². The van der Waals surface area contributed by atoms with E-state index in [4.69, 9.17) is 9.72 Å². The van der Waals surface area contributed by atoms with Gasteiger partial charge in [0.15, 0.2) is 5.16 Å². The molecule has 6 nitrogen and oxygen atoms in total. The predicted octanol–water partition coefficient (Wildman–Crippen LogP) is 5.98. The molecule has 1 amide bonds. The number of nitrogens with zero attached hydrogens (tertiary/aromatic N) is 2. The van der Waals surface area contributed by atoms with Crippen molar-refractivity contribution < 1.29 is 13.9 Å². The summed E-state index contributed by atoms with van der Waals surface area (Å²) in [4.78, 5) is 32.9. The zero-order chi connectivity index (χ0) is 24.9. The SMILES string of the molecule is CCCc1sc2nc(SCC(=O)Nc3ccc(F)cc3)n(-c3ccc(OCC)cc3)c(=O)c2c1C. The molecule has 0 saturated heterocycles. The van der Waals surface area contributed by atoms with E-state index in [0.29, 0.717) is 39.1 Å². The van der Waals surface area contributed by atoms with Crippen LogP contribution in [0.3, 0.4) is 0 Å². The normalized spacial score (nSPS) is 11.1. The Morgan fingerprint density at radius 3 is 2.51 bits per heavy atom. The van der Waals surface area contributed by atoms with Crippen LogP contribution in [0.15, 0.2) is 58.5 Å². The van der Waals surface area contributed by atoms with Crippen molar-refractivity contribution in [2.45, 2.75) is 38.8 Å². The lowest BCUT2D eigenvalue weighted by atomic mass is 10.1. The maximum absolute atomic E-state index is 13.7. The molecule has 0 aliphatic rings. The number of hydrogen-bond acceptors (Lipinski definition) is 6. The summed E-state index contributed by atoms with van der Waals surface area (Å²) in [6.45, 7) is 6.54. The lowest BCUT2D eigenvalue weighted by Gasteiger charge is -2.13. The smallest absolute Gasteiger partial charge is 0.267 e. The van der Waals surface area contributed by atoms with Gasteiger partial charge in [-0.1, -0.05) is 25.1 Å². The van der Waals surface area contributed by atoms with Crippen LogP contribution in [0, 0.1) is 12.7 Å². The lowest BCUT2D eigenvalue weighted by molar-refractivity contribution is -0.113. The minimum Gasteiger partial charge on any atom is -0.494 e. The van der Waals surface area contributed by atoms with Crippen LogP contribution in [0.4, 0.5) is 10.1 Å². The van der Waals surface area contributed by atoms with Crippen molar-refractivity contribution >= 4 is 44.9 Å². The summed E-state index contributed by atoms with van der Waals surface area (Å²) in [5, 5.41) is 3.80. The van der Waals surface area contributed by atoms with E-state index >= 15 is 0 Å². The van der Waals surface area contributed by atoms with Crippen molar-refractivity contribution in [3.05, 3.63) is 75.1 Å². The number of rotatable bonds is 9. The van der Waals surface area contributed by atoms with Crippen molar-refractivity contribution in [2.24, 2.45) is 0 Å². The van der Waals surface area contributed by atoms with Gasteiger partial charge in [0, 0.05) is 10.6 Å². The zero-order valence-corrected chi connectivity index (χ0v) is 21.4. The first-order chi connectivity index (χ1) is 16.9. The molecule has 0 saturated carbocycles. The number of aromatic nitrogens is 2. The van der Waals surface area contributed by atoms with Gasteiger partial charge in [-0.15, -0.1) is 11.3 Å². The first-order valence-corrected chi connectivity index (χ1v) is 13.2. The second-order valence-corrected chi connectivity index (χ2v) is 9.91. The highest BCUT2D eigenvalue weighted by atomic mass is 32.2. The number of benzene rings is 2. The van der Waals surface area contributed by atoms with Crippen LogP contribution in [0.25, 0.3) is 15.9 Å². The number of carbonyl (C=O) groups is 1. The number of ether oxygens (including phenoxy) is 1. The third-order valence-electron chi connectivity index (χ3n) is 5.38. The van der Waals surface area contributed by atoms with E-state index in [-0.39, 0.29) is 23.0 Å². The number of thioether (sulfide) groups is 1. The van der Waals surface area contributed by atoms with Crippen LogP contribution in [-0.2, 0) is 11.2 Å². The Hall–Kier alpha value is -3.17. The van der Waals surface area contributed by atoms with Gasteiger partial charge in [0.1, 0.15) is 16.4 Å². The number of halogens is 1. The topological polar surface area (TPSA) is 73.2 Å². The van der Waals surface area contributed by atoms with Crippen molar-refractivity contribution in [3.63, 3.8) is 0 Å². The molecular formula is C26H26FN3O3S2. The summed E-state index contributed by atoms with van der Waals surface area (Å²) in [6.07, 6.45) is 1.86. The molecular weight excluding hydrogens is 485 g/mol. The van der Waals surface area contributed by atoms with E-state index in [2.05, 4.69) is 12.2 Å². The summed E-state index contributed by atoms with van der Waals surface area (Å²) in [6, 6.07) is 12.8. The van der Waals surface area contributed by atoms with Crippen LogP contribution in [0.1, 0.15) is 30.7 Å². The number of aryl methyl sites for hydroxylation is 2. The van der Waals surface area contributed by atoms with Crippen LogP contribution in [0.2, 0.25) is 0 Å². The number of fused-ring (bicyclic) bond motifs is 1. The summed E-state index contributed by atoms with van der Waals surface area (Å²) >= 11 is 2.72. The molecule has 0 atom stereocenters. The van der Waals surface area contributed by atoms with Crippen LogP contribution in [-0.4, -0.2) is 27.8 Å². The minimum absolute atomic E-state index is 0.0402. The van der Waals surface area contributed by atoms with Gasteiger partial charge < -0.3 is 10.1 Å². The van der Waals surface area contributed by atoms with Gasteiger partial charge >= 0.3 is 0 Å². The van der Waals surface area contributed by atoms with Gasteiger partial charge in [-0.3, -0.25) is 14.2 Å². The maximum Gasteiger partial charge on any atom is 0.267 e. The van der Waals surface area contributed by atoms with Crippen molar-refractivity contribution in [3.8, 4) is 11.4 Å². The molecule has 2 heterocycles. The summed E-state index contributed by atoms with van der Waals surface area (Å²) in [5.41, 5.74) is 1.96. The fourth-order valence-corrected chi connectivity index (χ4v) is 5.85. The largest absolute Gasteiger partial charge is 0.494 e. The fourth-order valence-electron chi connectivity index (χ4n) is 3.72. The Morgan fingerprint density at radius 2 is 1.86 bits per heavy atom. The second-order valence-electron chi connectivity index (χ2n) is 7.89. The van der Waals surface area contributed by atoms with Gasteiger partial charge in [-0.25, -0.2) is 9.37 Å². The molecule has 4 rings (SSSR count). The number of amides is 1. The molecule has 0 bridgehead atoms. The van der Waals surface area contributed by atoms with E-state index in [0.717, 1.165) is 23.3 Å². The second kappa shape index (κ2) is 11.0. The molecule has 1 N–H and O–H groups in total. The Morgan fingerprint density at radius 1 is 1.14 bits per heavy atom. The standard InChI is InChI=1S/C26H26FN3O3S2/c1-4-6-21-16(3)23-24(35-21)29-26(34-15-22(31)28-18-9-7-17(27)8-10-18)30(25(23)32)19-11-13-20(14-12-19)33-5-2/h7-14H,4-6,15H2,1-3H3,(H,28,31). The quantitative estimate of drug-likeness (QED) is 0.221. The Balaban J connectivity index is 1.70. The maximum atomic E-state index is 13.7. The van der Waals surface area contributed by atoms with Crippen molar-refractivity contribution in [1.29, 1.82) is 0 Å². The average Bonchev–Trinajstić information content (AvgIpc) is 3.16. The summed E-state index contributed by atoms with van der Waals surface area (Å²) in [5.74, 6) is 0.104. The number of thiophene rings is 1. The molecule has 0 aliphatic carbocycles. The first-order valence-electron chi connectivity index (χ1n) is 11.4. The van der Waals surface area contributed by atoms with Gasteiger partial charge in [0.05, 0.1) is 23.4 Å². The zero-order valence-electron chi connectivity index (χ0n) is 19.8. The number of nitrogens with one attached hydrogen (secondary N) is 1. The third-order valence-corrected chi connectivity index (χ3v) is 7.56. The molecule has 4 aromatic rings. The molecule has 0 fully saturated rings. The third kappa shape index (κ3) is 5.57. The summed E-state index contributed by atoms with van der Waals surface area (Å²) < 4.78 is 20.2. The van der Waals surface area contributed by atoms with Crippen LogP contribution < -0.4 is 15.6 Å². The predicted molar refractivity (Wildman–Crippen MR) is 141 cm³/mol. The van der Waals surface area contributed by atoms with Crippen molar-refractivity contribution in [1.82, 2.24) is 9.55 Å². The van der Waals surface area contributed by atoms with E-state index in [1.165, 1.54) is 47.4 Å². The van der Waals surface area contributed by atoms with E-state index in [9.17, 15) is 14.0 Å². The first kappa shape index (κ1) is 24.9. The highest BCUT2D eigenvalue weighted by Gasteiger charge is 2.20. The van der Waals surface area contributed by atoms with E-state index in [1.807, 2.05) is 38.1 Å². The fraction of sp³-hybridized carbons (Fsp3) is 0.269. The van der Waals surface area contributed by atoms with Crippen LogP contribution >= 0.6 is 23.1 Å². The van der Waals surface area contributed by atoms with E-state index in [1.54, 1.807) is 4.57 Å². The molecule has 0 radical (unpaired) electrons. The van der Waals surface area contributed by atoms with Gasteiger partial charge in [0.2, 0.25) is 5.91 Å². The molecule has 0 spiro atoms. The highest BCUT2D eigenvalue weighted by molar-refractivity contribution is 7.99. The van der Waals surface area contributed by atoms with Gasteiger partial charge in [0.25, 0.3) is 5.56 Å². The molecule has 0 unspecified atom stereocenters. The monoisotopic (exact) mass is 511 g/mol. The lowest BCUT2D eigenvalue weighted by Crippen LogP contribution is -2.23. The van der Waals surface area contributed by atoms with E-state index < -0.39 is 0 Å². The molecule has 35 heavy (non-hydrogen) atoms. The van der Waals surface area contributed by atoms with Crippen molar-refractivity contribution in [2.75, 3.05) is 17.7 Å². The average molecular weight is 512 g/mol. The minimum atomic E-state index is -0.372.